The van der Waals surface area contributed by atoms with Crippen LogP contribution in [0.3, 0.4) is 0 Å². The number of nitrogens with zero attached hydrogens (tertiary/aromatic N) is 4. The molecule has 0 aliphatic carbocycles. The first-order chi connectivity index (χ1) is 19.3. The van der Waals surface area contributed by atoms with E-state index in [0.29, 0.717) is 0 Å². The van der Waals surface area contributed by atoms with Gasteiger partial charge in [-0.25, -0.2) is 4.98 Å². The number of pyridine rings is 3. The Morgan fingerprint density at radius 3 is 1.87 bits per heavy atom. The Hall–Kier alpha value is -5.35. The van der Waals surface area contributed by atoms with Crippen molar-refractivity contribution in [2.75, 3.05) is 0 Å². The molecule has 4 aromatic carbocycles. The van der Waals surface area contributed by atoms with Gasteiger partial charge in [0.05, 0.1) is 27.9 Å². The smallest absolute Gasteiger partial charge is 0.146 e. The Balaban J connectivity index is 1.22. The Morgan fingerprint density at radius 2 is 1.08 bits per heavy atom. The Morgan fingerprint density at radius 1 is 0.436 bits per heavy atom. The molecule has 0 radical (unpaired) electrons. The number of fused-ring (bicyclic) bond motifs is 8. The van der Waals surface area contributed by atoms with Gasteiger partial charge in [-0.1, -0.05) is 91.0 Å². The van der Waals surface area contributed by atoms with Crippen LogP contribution < -0.4 is 0 Å². The maximum Gasteiger partial charge on any atom is 0.146 e. The highest BCUT2D eigenvalue weighted by Gasteiger charge is 2.15. The largest absolute Gasteiger partial charge is 0.292 e. The van der Waals surface area contributed by atoms with Gasteiger partial charge in [-0.2, -0.15) is 0 Å². The lowest BCUT2D eigenvalue weighted by atomic mass is 10.0. The summed E-state index contributed by atoms with van der Waals surface area (Å²) in [6, 6.07) is 42.1. The molecule has 4 aromatic heterocycles. The summed E-state index contributed by atoms with van der Waals surface area (Å²) in [6.45, 7) is 0. The van der Waals surface area contributed by atoms with Gasteiger partial charge >= 0.3 is 0 Å². The topological polar surface area (TPSA) is 43.1 Å². The summed E-state index contributed by atoms with van der Waals surface area (Å²) in [7, 11) is 0. The van der Waals surface area contributed by atoms with Gasteiger partial charge in [0.15, 0.2) is 0 Å². The molecule has 0 unspecified atom stereocenters. The lowest BCUT2D eigenvalue weighted by Crippen LogP contribution is -1.94. The van der Waals surface area contributed by atoms with Crippen molar-refractivity contribution in [1.29, 1.82) is 0 Å². The van der Waals surface area contributed by atoms with E-state index >= 15 is 0 Å². The average molecular weight is 499 g/mol. The fraction of sp³-hybridized carbons (Fsp3) is 0. The summed E-state index contributed by atoms with van der Waals surface area (Å²) in [6.07, 6.45) is 3.89. The lowest BCUT2D eigenvalue weighted by Gasteiger charge is -2.10. The number of aromatic nitrogens is 4. The van der Waals surface area contributed by atoms with E-state index in [4.69, 9.17) is 15.0 Å². The van der Waals surface area contributed by atoms with Crippen LogP contribution in [-0.4, -0.2) is 19.4 Å². The second-order valence-corrected chi connectivity index (χ2v) is 9.77. The van der Waals surface area contributed by atoms with E-state index in [-0.39, 0.29) is 0 Å². The Bertz CT molecular complexity index is 2140. The fourth-order valence-corrected chi connectivity index (χ4v) is 5.54. The van der Waals surface area contributed by atoms with E-state index in [2.05, 4.69) is 114 Å². The van der Waals surface area contributed by atoms with Crippen LogP contribution in [0.1, 0.15) is 0 Å². The second kappa shape index (κ2) is 8.61. The van der Waals surface area contributed by atoms with Gasteiger partial charge in [0.2, 0.25) is 0 Å². The van der Waals surface area contributed by atoms with E-state index in [0.717, 1.165) is 60.9 Å². The van der Waals surface area contributed by atoms with Crippen LogP contribution >= 0.6 is 0 Å². The molecule has 0 atom stereocenters. The third-order valence-corrected chi connectivity index (χ3v) is 7.49. The van der Waals surface area contributed by atoms with Crippen LogP contribution in [-0.2, 0) is 0 Å². The fourth-order valence-electron chi connectivity index (χ4n) is 5.54. The Kier molecular flexibility index (Phi) is 4.79. The van der Waals surface area contributed by atoms with Crippen LogP contribution in [0.15, 0.2) is 134 Å². The van der Waals surface area contributed by atoms with Crippen molar-refractivity contribution in [2.24, 2.45) is 0 Å². The number of benzene rings is 4. The molecular weight excluding hydrogens is 476 g/mol. The Labute approximate surface area is 224 Å². The molecule has 0 N–H and O–H groups in total. The zero-order valence-corrected chi connectivity index (χ0v) is 21.0. The van der Waals surface area contributed by atoms with E-state index in [9.17, 15) is 0 Å². The van der Waals surface area contributed by atoms with Crippen molar-refractivity contribution in [3.8, 4) is 33.6 Å². The summed E-state index contributed by atoms with van der Waals surface area (Å²) in [5.41, 5.74) is 10.4. The molecule has 4 heteroatoms. The molecule has 8 rings (SSSR count). The lowest BCUT2D eigenvalue weighted by molar-refractivity contribution is 1.26. The van der Waals surface area contributed by atoms with Crippen molar-refractivity contribution in [3.63, 3.8) is 0 Å². The van der Waals surface area contributed by atoms with Crippen molar-refractivity contribution < 1.29 is 0 Å². The minimum absolute atomic E-state index is 0.831. The highest BCUT2D eigenvalue weighted by atomic mass is 15.0. The number of hydrogen-bond donors (Lipinski definition) is 0. The minimum Gasteiger partial charge on any atom is -0.292 e. The van der Waals surface area contributed by atoms with Crippen molar-refractivity contribution in [2.45, 2.75) is 0 Å². The van der Waals surface area contributed by atoms with E-state index in [1.807, 2.05) is 24.5 Å². The van der Waals surface area contributed by atoms with Crippen LogP contribution in [0.4, 0.5) is 0 Å². The van der Waals surface area contributed by atoms with Gasteiger partial charge in [0.25, 0.3) is 0 Å². The van der Waals surface area contributed by atoms with Gasteiger partial charge in [0, 0.05) is 34.1 Å². The standard InChI is InChI=1S/C35H22N4/c1-2-8-23(9-3-1)24-14-16-25(17-15-24)26-18-19-30(36-21-26)32-20-28-29(22-37-32)27-10-4-6-12-33(27)39-34-13-7-5-11-31(34)38-35(28)39/h1-22H. The van der Waals surface area contributed by atoms with E-state index < -0.39 is 0 Å². The number of hydrogen-bond acceptors (Lipinski definition) is 3. The molecule has 0 amide bonds. The third kappa shape index (κ3) is 3.50. The maximum absolute atomic E-state index is 5.03. The molecule has 0 saturated carbocycles. The minimum atomic E-state index is 0.831. The SMILES string of the molecule is c1ccc(-c2ccc(-c3ccc(-c4cc5c(cn4)c4ccccc4n4c6ccccc6nc54)nc3)cc2)cc1. The average Bonchev–Trinajstić information content (AvgIpc) is 3.42. The first-order valence-corrected chi connectivity index (χ1v) is 13.0. The molecule has 0 aliphatic rings. The van der Waals surface area contributed by atoms with Gasteiger partial charge in [-0.15, -0.1) is 0 Å². The molecule has 182 valence electrons. The molecule has 39 heavy (non-hydrogen) atoms. The first kappa shape index (κ1) is 21.7. The van der Waals surface area contributed by atoms with Crippen LogP contribution in [0.25, 0.3) is 72.0 Å². The highest BCUT2D eigenvalue weighted by molar-refractivity contribution is 6.14. The zero-order valence-electron chi connectivity index (χ0n) is 21.0. The van der Waals surface area contributed by atoms with E-state index in [1.54, 1.807) is 0 Å². The summed E-state index contributed by atoms with van der Waals surface area (Å²) in [4.78, 5) is 14.7. The molecule has 0 bridgehead atoms. The molecule has 0 aliphatic heterocycles. The molecule has 4 heterocycles. The van der Waals surface area contributed by atoms with E-state index in [1.165, 1.54) is 11.1 Å². The normalized spacial score (nSPS) is 11.6. The highest BCUT2D eigenvalue weighted by Crippen LogP contribution is 2.34. The van der Waals surface area contributed by atoms with Crippen LogP contribution in [0.2, 0.25) is 0 Å². The predicted molar refractivity (Wildman–Crippen MR) is 160 cm³/mol. The summed E-state index contributed by atoms with van der Waals surface area (Å²) < 4.78 is 2.26. The van der Waals surface area contributed by atoms with Crippen molar-refractivity contribution in [3.05, 3.63) is 134 Å². The van der Waals surface area contributed by atoms with Gasteiger partial charge in [-0.05, 0) is 47.0 Å². The predicted octanol–water partition coefficient (Wildman–Crippen LogP) is 8.58. The summed E-state index contributed by atoms with van der Waals surface area (Å²) >= 11 is 0. The summed E-state index contributed by atoms with van der Waals surface area (Å²) in [5.74, 6) is 0. The zero-order chi connectivity index (χ0) is 25.8. The number of imidazole rings is 1. The molecule has 0 fully saturated rings. The molecule has 4 nitrogen and oxygen atoms in total. The molecule has 8 aromatic rings. The van der Waals surface area contributed by atoms with Crippen molar-refractivity contribution in [1.82, 2.24) is 19.4 Å². The first-order valence-electron chi connectivity index (χ1n) is 13.0. The monoisotopic (exact) mass is 498 g/mol. The van der Waals surface area contributed by atoms with Gasteiger partial charge in [0.1, 0.15) is 5.65 Å². The third-order valence-electron chi connectivity index (χ3n) is 7.49. The maximum atomic E-state index is 5.03. The van der Waals surface area contributed by atoms with Crippen LogP contribution in [0, 0.1) is 0 Å². The van der Waals surface area contributed by atoms with Crippen LogP contribution in [0.5, 0.6) is 0 Å². The summed E-state index contributed by atoms with van der Waals surface area (Å²) in [5, 5.41) is 3.31. The van der Waals surface area contributed by atoms with Gasteiger partial charge in [-0.3, -0.25) is 14.4 Å². The molecule has 0 spiro atoms. The number of rotatable bonds is 3. The molecular formula is C35H22N4. The van der Waals surface area contributed by atoms with Crippen molar-refractivity contribution >= 4 is 38.4 Å². The number of para-hydroxylation sites is 3. The molecule has 0 saturated heterocycles. The quantitative estimate of drug-likeness (QED) is 0.229. The van der Waals surface area contributed by atoms with Gasteiger partial charge < -0.3 is 0 Å². The second-order valence-electron chi connectivity index (χ2n) is 9.77.